The molecule has 2 amide bonds. The number of aliphatic hydroxyl groups excluding tert-OH is 1. The van der Waals surface area contributed by atoms with E-state index in [4.69, 9.17) is 0 Å². The zero-order valence-electron chi connectivity index (χ0n) is 23.1. The standard InChI is InChI=1S/C32H33N5O4/c1-19(2)31(40)36-14-16-37(17-15-36)32(41)23-12-10-21(11-13-23)26-28(22-8-6-20(18-38)7-9-22)33-25-5-3-4-24-27(25)29(26)34-35-30(24)39/h3-13,19,26,28,33,38H,14-18H2,1-2H3,(H,35,39). The van der Waals surface area contributed by atoms with E-state index in [0.29, 0.717) is 37.1 Å². The monoisotopic (exact) mass is 551 g/mol. The molecule has 0 saturated carbocycles. The summed E-state index contributed by atoms with van der Waals surface area (Å²) in [6, 6.07) is 20.8. The number of nitrogens with zero attached hydrogens (tertiary/aromatic N) is 3. The number of H-pyrrole nitrogens is 1. The van der Waals surface area contributed by atoms with Crippen molar-refractivity contribution in [3.8, 4) is 0 Å². The molecule has 3 aromatic carbocycles. The van der Waals surface area contributed by atoms with Gasteiger partial charge >= 0.3 is 0 Å². The van der Waals surface area contributed by atoms with Crippen molar-refractivity contribution in [1.29, 1.82) is 0 Å². The van der Waals surface area contributed by atoms with Gasteiger partial charge in [0.05, 0.1) is 29.6 Å². The van der Waals surface area contributed by atoms with E-state index in [1.807, 2.05) is 79.4 Å². The number of aromatic nitrogens is 2. The number of carbonyl (C=O) groups is 2. The number of anilines is 1. The molecule has 1 aromatic heterocycles. The predicted octanol–water partition coefficient (Wildman–Crippen LogP) is 3.65. The number of hydrogen-bond donors (Lipinski definition) is 3. The summed E-state index contributed by atoms with van der Waals surface area (Å²) in [6.45, 7) is 5.85. The number of aliphatic hydroxyl groups is 1. The minimum atomic E-state index is -0.251. The van der Waals surface area contributed by atoms with Gasteiger partial charge in [-0.05, 0) is 41.0 Å². The van der Waals surface area contributed by atoms with Crippen molar-refractivity contribution in [1.82, 2.24) is 20.0 Å². The van der Waals surface area contributed by atoms with E-state index in [1.165, 1.54) is 0 Å². The molecular formula is C32H33N5O4. The lowest BCUT2D eigenvalue weighted by molar-refractivity contribution is -0.135. The Balaban J connectivity index is 1.32. The second kappa shape index (κ2) is 10.8. The zero-order chi connectivity index (χ0) is 28.7. The molecule has 2 aliphatic rings. The number of carbonyl (C=O) groups excluding carboxylic acids is 2. The van der Waals surface area contributed by atoms with Crippen molar-refractivity contribution in [2.75, 3.05) is 31.5 Å². The summed E-state index contributed by atoms with van der Waals surface area (Å²) in [5, 5.41) is 21.8. The van der Waals surface area contributed by atoms with Crippen LogP contribution < -0.4 is 10.9 Å². The van der Waals surface area contributed by atoms with E-state index in [9.17, 15) is 19.5 Å². The van der Waals surface area contributed by atoms with Crippen LogP contribution in [0.3, 0.4) is 0 Å². The van der Waals surface area contributed by atoms with Crippen LogP contribution in [0.1, 0.15) is 58.5 Å². The fraction of sp³-hybridized carbons (Fsp3) is 0.312. The highest BCUT2D eigenvalue weighted by molar-refractivity contribution is 5.97. The highest BCUT2D eigenvalue weighted by atomic mass is 16.3. The number of hydrogen-bond acceptors (Lipinski definition) is 6. The van der Waals surface area contributed by atoms with Crippen LogP contribution in [0.4, 0.5) is 5.69 Å². The lowest BCUT2D eigenvalue weighted by Gasteiger charge is -2.36. The molecule has 9 nitrogen and oxygen atoms in total. The molecule has 1 fully saturated rings. The molecule has 9 heteroatoms. The van der Waals surface area contributed by atoms with Crippen molar-refractivity contribution in [2.45, 2.75) is 32.4 Å². The van der Waals surface area contributed by atoms with Crippen LogP contribution in [0.5, 0.6) is 0 Å². The van der Waals surface area contributed by atoms with Crippen LogP contribution in [0.25, 0.3) is 10.8 Å². The minimum absolute atomic E-state index is 0.0364. The van der Waals surface area contributed by atoms with E-state index < -0.39 is 0 Å². The number of benzene rings is 3. The van der Waals surface area contributed by atoms with Crippen LogP contribution >= 0.6 is 0 Å². The van der Waals surface area contributed by atoms with Gasteiger partial charge in [0.15, 0.2) is 0 Å². The van der Waals surface area contributed by atoms with Crippen molar-refractivity contribution in [3.05, 3.63) is 105 Å². The number of amides is 2. The maximum absolute atomic E-state index is 13.3. The summed E-state index contributed by atoms with van der Waals surface area (Å²) in [5.41, 5.74) is 4.73. The SMILES string of the molecule is CC(C)C(=O)N1CCN(C(=O)c2ccc(C3c4n[nH]c(=O)c5cccc(c45)NC3c3ccc(CO)cc3)cc2)CC1. The van der Waals surface area contributed by atoms with Gasteiger partial charge in [-0.2, -0.15) is 5.10 Å². The lowest BCUT2D eigenvalue weighted by atomic mass is 9.79. The van der Waals surface area contributed by atoms with Crippen molar-refractivity contribution < 1.29 is 14.7 Å². The molecule has 3 N–H and O–H groups in total. The number of aromatic amines is 1. The first-order valence-electron chi connectivity index (χ1n) is 14.0. The van der Waals surface area contributed by atoms with Gasteiger partial charge in [0.1, 0.15) is 0 Å². The van der Waals surface area contributed by atoms with Crippen LogP contribution in [-0.4, -0.2) is 63.1 Å². The van der Waals surface area contributed by atoms with Crippen molar-refractivity contribution in [3.63, 3.8) is 0 Å². The Morgan fingerprint density at radius 2 is 1.59 bits per heavy atom. The Bertz CT molecular complexity index is 1650. The van der Waals surface area contributed by atoms with Crippen LogP contribution in [0.15, 0.2) is 71.5 Å². The Hall–Kier alpha value is -4.50. The van der Waals surface area contributed by atoms with Gasteiger partial charge in [-0.1, -0.05) is 56.3 Å². The molecule has 41 heavy (non-hydrogen) atoms. The Labute approximate surface area is 237 Å². The summed E-state index contributed by atoms with van der Waals surface area (Å²) in [7, 11) is 0. The second-order valence-electron chi connectivity index (χ2n) is 11.1. The fourth-order valence-corrected chi connectivity index (χ4v) is 5.97. The molecule has 0 spiro atoms. The van der Waals surface area contributed by atoms with Gasteiger partial charge in [-0.15, -0.1) is 0 Å². The average molecular weight is 552 g/mol. The van der Waals surface area contributed by atoms with Gasteiger partial charge in [0, 0.05) is 48.7 Å². The lowest BCUT2D eigenvalue weighted by Crippen LogP contribution is -2.51. The van der Waals surface area contributed by atoms with Crippen LogP contribution in [-0.2, 0) is 11.4 Å². The molecule has 1 saturated heterocycles. The maximum atomic E-state index is 13.3. The van der Waals surface area contributed by atoms with Crippen LogP contribution in [0.2, 0.25) is 0 Å². The summed E-state index contributed by atoms with van der Waals surface area (Å²) in [6.07, 6.45) is 0. The van der Waals surface area contributed by atoms with E-state index in [1.54, 1.807) is 11.0 Å². The van der Waals surface area contributed by atoms with Gasteiger partial charge in [-0.3, -0.25) is 14.4 Å². The Kier molecular flexibility index (Phi) is 7.05. The number of nitrogens with one attached hydrogen (secondary N) is 2. The molecule has 0 radical (unpaired) electrons. The molecule has 3 heterocycles. The smallest absolute Gasteiger partial charge is 0.272 e. The van der Waals surface area contributed by atoms with Gasteiger partial charge < -0.3 is 20.2 Å². The van der Waals surface area contributed by atoms with Crippen molar-refractivity contribution >= 4 is 28.3 Å². The Morgan fingerprint density at radius 1 is 0.927 bits per heavy atom. The summed E-state index contributed by atoms with van der Waals surface area (Å²) >= 11 is 0. The van der Waals surface area contributed by atoms with Gasteiger partial charge in [0.2, 0.25) is 5.91 Å². The molecule has 2 unspecified atom stereocenters. The maximum Gasteiger partial charge on any atom is 0.272 e. The van der Waals surface area contributed by atoms with E-state index in [0.717, 1.165) is 33.5 Å². The highest BCUT2D eigenvalue weighted by Gasteiger charge is 2.35. The van der Waals surface area contributed by atoms with E-state index in [-0.39, 0.29) is 41.9 Å². The van der Waals surface area contributed by atoms with E-state index in [2.05, 4.69) is 15.5 Å². The normalized spacial score (nSPS) is 18.4. The van der Waals surface area contributed by atoms with Crippen molar-refractivity contribution in [2.24, 2.45) is 5.92 Å². The number of rotatable bonds is 5. The molecule has 2 aliphatic heterocycles. The van der Waals surface area contributed by atoms with Gasteiger partial charge in [0.25, 0.3) is 11.5 Å². The second-order valence-corrected chi connectivity index (χ2v) is 11.1. The predicted molar refractivity (Wildman–Crippen MR) is 157 cm³/mol. The third kappa shape index (κ3) is 4.86. The molecule has 6 rings (SSSR count). The van der Waals surface area contributed by atoms with Crippen LogP contribution in [0, 0.1) is 5.92 Å². The third-order valence-electron chi connectivity index (χ3n) is 8.19. The largest absolute Gasteiger partial charge is 0.392 e. The summed E-state index contributed by atoms with van der Waals surface area (Å²) in [4.78, 5) is 41.9. The average Bonchev–Trinajstić information content (AvgIpc) is 3.02. The number of piperazine rings is 1. The first-order valence-corrected chi connectivity index (χ1v) is 14.0. The fourth-order valence-electron chi connectivity index (χ4n) is 5.97. The summed E-state index contributed by atoms with van der Waals surface area (Å²) in [5.74, 6) is -0.240. The highest BCUT2D eigenvalue weighted by Crippen LogP contribution is 2.46. The molecule has 2 atom stereocenters. The van der Waals surface area contributed by atoms with E-state index >= 15 is 0 Å². The third-order valence-corrected chi connectivity index (χ3v) is 8.19. The first-order chi connectivity index (χ1) is 19.9. The molecule has 0 bridgehead atoms. The Morgan fingerprint density at radius 3 is 2.24 bits per heavy atom. The molecule has 0 aliphatic carbocycles. The molecule has 210 valence electrons. The zero-order valence-corrected chi connectivity index (χ0v) is 23.1. The topological polar surface area (TPSA) is 119 Å². The summed E-state index contributed by atoms with van der Waals surface area (Å²) < 4.78 is 0. The molecular weight excluding hydrogens is 518 g/mol. The molecule has 4 aromatic rings. The first kappa shape index (κ1) is 26.7. The quantitative estimate of drug-likeness (QED) is 0.349. The minimum Gasteiger partial charge on any atom is -0.392 e. The van der Waals surface area contributed by atoms with Gasteiger partial charge in [-0.25, -0.2) is 5.10 Å².